The topological polar surface area (TPSA) is 39.4 Å². The molecule has 0 bridgehead atoms. The second kappa shape index (κ2) is 8.41. The van der Waals surface area contributed by atoms with Gasteiger partial charge < -0.3 is 9.15 Å². The minimum Gasteiger partial charge on any atom is -0.469 e. The van der Waals surface area contributed by atoms with Crippen LogP contribution in [0.5, 0.6) is 0 Å². The van der Waals surface area contributed by atoms with E-state index in [-0.39, 0.29) is 12.1 Å². The summed E-state index contributed by atoms with van der Waals surface area (Å²) in [6, 6.07) is 3.73. The molecule has 1 rings (SSSR count). The van der Waals surface area contributed by atoms with Gasteiger partial charge in [-0.1, -0.05) is 17.2 Å². The van der Waals surface area contributed by atoms with Gasteiger partial charge in [-0.05, 0) is 51.8 Å². The molecule has 0 aliphatic heterocycles. The van der Waals surface area contributed by atoms with Gasteiger partial charge in [0.2, 0.25) is 0 Å². The molecule has 0 saturated carbocycles. The minimum absolute atomic E-state index is 0.259. The van der Waals surface area contributed by atoms with Crippen LogP contribution in [0.15, 0.2) is 46.1 Å². The smallest absolute Gasteiger partial charge is 0.303 e. The third-order valence-electron chi connectivity index (χ3n) is 2.86. The SMILES string of the molecule is CC(=O)OC(/C=C(/C)CCC=C(C)C)Cc1ccco1. The largest absolute Gasteiger partial charge is 0.469 e. The van der Waals surface area contributed by atoms with E-state index in [1.807, 2.05) is 18.2 Å². The van der Waals surface area contributed by atoms with E-state index in [1.54, 1.807) is 6.26 Å². The molecule has 0 fully saturated rings. The first-order valence-corrected chi connectivity index (χ1v) is 6.97. The van der Waals surface area contributed by atoms with Crippen LogP contribution < -0.4 is 0 Å². The Bertz CT molecular complexity index is 462. The van der Waals surface area contributed by atoms with Crippen molar-refractivity contribution in [2.75, 3.05) is 0 Å². The molecule has 1 aromatic heterocycles. The van der Waals surface area contributed by atoms with Crippen molar-refractivity contribution >= 4 is 5.97 Å². The van der Waals surface area contributed by atoms with Gasteiger partial charge in [0, 0.05) is 13.3 Å². The Kier molecular flexibility index (Phi) is 6.85. The average Bonchev–Trinajstić information content (AvgIpc) is 2.80. The summed E-state index contributed by atoms with van der Waals surface area (Å²) in [5.74, 6) is 0.555. The number of hydrogen-bond donors (Lipinski definition) is 0. The lowest BCUT2D eigenvalue weighted by Crippen LogP contribution is -2.17. The molecule has 1 unspecified atom stereocenters. The maximum Gasteiger partial charge on any atom is 0.303 e. The van der Waals surface area contributed by atoms with Crippen LogP contribution in [0.3, 0.4) is 0 Å². The second-order valence-electron chi connectivity index (χ2n) is 5.26. The number of carbonyl (C=O) groups excluding carboxylic acids is 1. The van der Waals surface area contributed by atoms with Crippen LogP contribution in [-0.4, -0.2) is 12.1 Å². The number of ether oxygens (including phenoxy) is 1. The monoisotopic (exact) mass is 276 g/mol. The first-order valence-electron chi connectivity index (χ1n) is 6.97. The lowest BCUT2D eigenvalue weighted by atomic mass is 10.1. The van der Waals surface area contributed by atoms with Crippen molar-refractivity contribution in [3.05, 3.63) is 47.5 Å². The lowest BCUT2D eigenvalue weighted by Gasteiger charge is -2.13. The standard InChI is InChI=1S/C17H24O3/c1-13(2)7-5-8-14(3)11-17(20-15(4)18)12-16-9-6-10-19-16/h6-7,9-11,17H,5,8,12H2,1-4H3/b14-11-. The van der Waals surface area contributed by atoms with Crippen molar-refractivity contribution in [1.82, 2.24) is 0 Å². The van der Waals surface area contributed by atoms with Gasteiger partial charge in [0.05, 0.1) is 6.26 Å². The van der Waals surface area contributed by atoms with Crippen molar-refractivity contribution < 1.29 is 13.9 Å². The predicted molar refractivity (Wildman–Crippen MR) is 80.4 cm³/mol. The summed E-state index contributed by atoms with van der Waals surface area (Å²) in [5.41, 5.74) is 2.55. The fourth-order valence-corrected chi connectivity index (χ4v) is 1.96. The normalized spacial score (nSPS) is 12.9. The third kappa shape index (κ3) is 6.98. The van der Waals surface area contributed by atoms with E-state index in [9.17, 15) is 4.79 Å². The number of carbonyl (C=O) groups is 1. The Morgan fingerprint density at radius 1 is 1.35 bits per heavy atom. The van der Waals surface area contributed by atoms with Gasteiger partial charge in [-0.2, -0.15) is 0 Å². The molecule has 0 aliphatic rings. The predicted octanol–water partition coefficient (Wildman–Crippen LogP) is 4.45. The first-order chi connectivity index (χ1) is 9.47. The van der Waals surface area contributed by atoms with Gasteiger partial charge in [0.15, 0.2) is 0 Å². The first kappa shape index (κ1) is 16.3. The molecule has 3 heteroatoms. The summed E-state index contributed by atoms with van der Waals surface area (Å²) in [6.45, 7) is 7.69. The van der Waals surface area contributed by atoms with E-state index < -0.39 is 0 Å². The van der Waals surface area contributed by atoms with Crippen LogP contribution in [-0.2, 0) is 16.0 Å². The number of allylic oxidation sites excluding steroid dienone is 3. The molecule has 0 aromatic carbocycles. The maximum absolute atomic E-state index is 11.2. The molecule has 0 amide bonds. The van der Waals surface area contributed by atoms with E-state index in [1.165, 1.54) is 18.1 Å². The van der Waals surface area contributed by atoms with E-state index in [0.717, 1.165) is 18.6 Å². The zero-order valence-electron chi connectivity index (χ0n) is 12.8. The molecule has 0 N–H and O–H groups in total. The van der Waals surface area contributed by atoms with Gasteiger partial charge in [-0.25, -0.2) is 0 Å². The van der Waals surface area contributed by atoms with Crippen LogP contribution in [0.25, 0.3) is 0 Å². The highest BCUT2D eigenvalue weighted by Crippen LogP contribution is 2.13. The van der Waals surface area contributed by atoms with E-state index >= 15 is 0 Å². The molecule has 20 heavy (non-hydrogen) atoms. The fraction of sp³-hybridized carbons (Fsp3) is 0.471. The van der Waals surface area contributed by atoms with Crippen molar-refractivity contribution in [2.24, 2.45) is 0 Å². The van der Waals surface area contributed by atoms with Crippen molar-refractivity contribution in [3.63, 3.8) is 0 Å². The summed E-state index contributed by atoms with van der Waals surface area (Å²) in [5, 5.41) is 0. The maximum atomic E-state index is 11.2. The highest BCUT2D eigenvalue weighted by Gasteiger charge is 2.12. The Hall–Kier alpha value is -1.77. The van der Waals surface area contributed by atoms with E-state index in [4.69, 9.17) is 9.15 Å². The minimum atomic E-state index is -0.269. The average molecular weight is 276 g/mol. The van der Waals surface area contributed by atoms with Crippen LogP contribution in [0.4, 0.5) is 0 Å². The number of furan rings is 1. The molecule has 1 heterocycles. The Labute approximate surface area is 121 Å². The molecule has 0 radical (unpaired) electrons. The van der Waals surface area contributed by atoms with Crippen molar-refractivity contribution in [2.45, 2.75) is 53.1 Å². The molecule has 1 atom stereocenters. The van der Waals surface area contributed by atoms with Crippen LogP contribution in [0.2, 0.25) is 0 Å². The Morgan fingerprint density at radius 3 is 2.65 bits per heavy atom. The van der Waals surface area contributed by atoms with Crippen LogP contribution >= 0.6 is 0 Å². The van der Waals surface area contributed by atoms with Gasteiger partial charge in [0.25, 0.3) is 0 Å². The lowest BCUT2D eigenvalue weighted by molar-refractivity contribution is -0.144. The van der Waals surface area contributed by atoms with Gasteiger partial charge >= 0.3 is 5.97 Å². The molecule has 1 aromatic rings. The number of hydrogen-bond acceptors (Lipinski definition) is 3. The molecule has 0 saturated heterocycles. The summed E-state index contributed by atoms with van der Waals surface area (Å²) < 4.78 is 10.6. The van der Waals surface area contributed by atoms with E-state index in [0.29, 0.717) is 6.42 Å². The van der Waals surface area contributed by atoms with Gasteiger partial charge in [-0.3, -0.25) is 4.79 Å². The highest BCUT2D eigenvalue weighted by molar-refractivity contribution is 5.66. The zero-order valence-corrected chi connectivity index (χ0v) is 12.8. The Morgan fingerprint density at radius 2 is 2.10 bits per heavy atom. The molecule has 0 aliphatic carbocycles. The van der Waals surface area contributed by atoms with Crippen LogP contribution in [0.1, 0.15) is 46.3 Å². The van der Waals surface area contributed by atoms with Gasteiger partial charge in [-0.15, -0.1) is 0 Å². The third-order valence-corrected chi connectivity index (χ3v) is 2.86. The molecular formula is C17H24O3. The number of rotatable bonds is 7. The van der Waals surface area contributed by atoms with E-state index in [2.05, 4.69) is 26.8 Å². The number of esters is 1. The molecule has 3 nitrogen and oxygen atoms in total. The van der Waals surface area contributed by atoms with Gasteiger partial charge in [0.1, 0.15) is 11.9 Å². The quantitative estimate of drug-likeness (QED) is 0.545. The second-order valence-corrected chi connectivity index (χ2v) is 5.26. The molecule has 0 spiro atoms. The molecular weight excluding hydrogens is 252 g/mol. The fourth-order valence-electron chi connectivity index (χ4n) is 1.96. The molecule has 110 valence electrons. The zero-order chi connectivity index (χ0) is 15.0. The van der Waals surface area contributed by atoms with Crippen molar-refractivity contribution in [1.29, 1.82) is 0 Å². The summed E-state index contributed by atoms with van der Waals surface area (Å²) in [4.78, 5) is 11.2. The van der Waals surface area contributed by atoms with Crippen LogP contribution in [0, 0.1) is 0 Å². The highest BCUT2D eigenvalue weighted by atomic mass is 16.5. The summed E-state index contributed by atoms with van der Waals surface area (Å²) in [7, 11) is 0. The summed E-state index contributed by atoms with van der Waals surface area (Å²) in [6.07, 6.45) is 8.16. The Balaban J connectivity index is 2.62. The summed E-state index contributed by atoms with van der Waals surface area (Å²) >= 11 is 0. The van der Waals surface area contributed by atoms with Crippen molar-refractivity contribution in [3.8, 4) is 0 Å².